The van der Waals surface area contributed by atoms with Gasteiger partial charge < -0.3 is 14.5 Å². The molecule has 0 aromatic heterocycles. The van der Waals surface area contributed by atoms with Gasteiger partial charge in [-0.15, -0.1) is 0 Å². The van der Waals surface area contributed by atoms with E-state index in [1.807, 2.05) is 35.2 Å². The first-order valence-corrected chi connectivity index (χ1v) is 10.4. The van der Waals surface area contributed by atoms with Crippen molar-refractivity contribution < 1.29 is 14.3 Å². The molecule has 1 aromatic carbocycles. The first-order valence-electron chi connectivity index (χ1n) is 10.4. The van der Waals surface area contributed by atoms with Crippen LogP contribution < -0.4 is 4.74 Å². The minimum absolute atomic E-state index is 0.105. The van der Waals surface area contributed by atoms with Gasteiger partial charge in [0.2, 0.25) is 11.8 Å². The summed E-state index contributed by atoms with van der Waals surface area (Å²) in [5, 5.41) is 0. The Morgan fingerprint density at radius 1 is 1.07 bits per heavy atom. The van der Waals surface area contributed by atoms with Gasteiger partial charge in [-0.3, -0.25) is 9.59 Å². The third-order valence-electron chi connectivity index (χ3n) is 6.57. The highest BCUT2D eigenvalue weighted by Crippen LogP contribution is 2.42. The molecule has 27 heavy (non-hydrogen) atoms. The van der Waals surface area contributed by atoms with Crippen LogP contribution in [-0.4, -0.2) is 53.9 Å². The van der Waals surface area contributed by atoms with E-state index in [4.69, 9.17) is 4.74 Å². The van der Waals surface area contributed by atoms with E-state index in [9.17, 15) is 9.59 Å². The van der Waals surface area contributed by atoms with Gasteiger partial charge >= 0.3 is 0 Å². The molecular weight excluding hydrogens is 340 g/mol. The minimum Gasteiger partial charge on any atom is -0.493 e. The maximum atomic E-state index is 13.3. The molecule has 2 aliphatic heterocycles. The van der Waals surface area contributed by atoms with Crippen LogP contribution in [0.2, 0.25) is 0 Å². The van der Waals surface area contributed by atoms with Crippen molar-refractivity contribution in [3.8, 4) is 5.75 Å². The summed E-state index contributed by atoms with van der Waals surface area (Å²) in [5.41, 5.74) is -0.323. The average molecular weight is 370 g/mol. The van der Waals surface area contributed by atoms with E-state index in [1.54, 1.807) is 0 Å². The fourth-order valence-electron chi connectivity index (χ4n) is 5.06. The van der Waals surface area contributed by atoms with Crippen molar-refractivity contribution in [2.45, 2.75) is 57.4 Å². The normalized spacial score (nSPS) is 26.1. The minimum atomic E-state index is -0.323. The van der Waals surface area contributed by atoms with Crippen LogP contribution in [0.4, 0.5) is 0 Å². The molecule has 1 saturated carbocycles. The third-order valence-corrected chi connectivity index (χ3v) is 6.57. The standard InChI is InChI=1S/C22H30N2O3/c25-20(11-16-27-19-9-2-1-3-10-19)23-15-13-22(17-23)12-6-14-24(21(22)26)18-7-4-5-8-18/h1-3,9-10,18H,4-8,11-17H2/t22-/m0/s1. The second-order valence-corrected chi connectivity index (χ2v) is 8.30. The molecule has 0 N–H and O–H groups in total. The molecule has 1 aliphatic carbocycles. The Hall–Kier alpha value is -2.04. The molecule has 0 radical (unpaired) electrons. The number of benzene rings is 1. The molecule has 2 amide bonds. The molecule has 1 aromatic rings. The fourth-order valence-corrected chi connectivity index (χ4v) is 5.06. The van der Waals surface area contributed by atoms with Crippen LogP contribution in [0.25, 0.3) is 0 Å². The van der Waals surface area contributed by atoms with Crippen LogP contribution in [0.3, 0.4) is 0 Å². The Labute approximate surface area is 161 Å². The average Bonchev–Trinajstić information content (AvgIpc) is 3.36. The van der Waals surface area contributed by atoms with E-state index in [0.29, 0.717) is 38.1 Å². The summed E-state index contributed by atoms with van der Waals surface area (Å²) >= 11 is 0. The van der Waals surface area contributed by atoms with E-state index in [1.165, 1.54) is 12.8 Å². The van der Waals surface area contributed by atoms with Gasteiger partial charge in [-0.05, 0) is 44.2 Å². The van der Waals surface area contributed by atoms with E-state index in [-0.39, 0.29) is 11.3 Å². The van der Waals surface area contributed by atoms with Crippen molar-refractivity contribution in [3.63, 3.8) is 0 Å². The van der Waals surface area contributed by atoms with Crippen molar-refractivity contribution in [1.29, 1.82) is 0 Å². The van der Waals surface area contributed by atoms with E-state index >= 15 is 0 Å². The Kier molecular flexibility index (Phi) is 5.37. The zero-order chi connectivity index (χ0) is 18.7. The number of piperidine rings is 1. The first-order chi connectivity index (χ1) is 13.2. The van der Waals surface area contributed by atoms with Crippen molar-refractivity contribution >= 4 is 11.8 Å². The number of para-hydroxylation sites is 1. The quantitative estimate of drug-likeness (QED) is 0.799. The Balaban J connectivity index is 1.31. The number of hydrogen-bond donors (Lipinski definition) is 0. The summed E-state index contributed by atoms with van der Waals surface area (Å²) in [5.74, 6) is 1.21. The van der Waals surface area contributed by atoms with Gasteiger partial charge in [0.05, 0.1) is 18.4 Å². The lowest BCUT2D eigenvalue weighted by molar-refractivity contribution is -0.148. The van der Waals surface area contributed by atoms with Gasteiger partial charge in [0, 0.05) is 25.7 Å². The number of hydrogen-bond acceptors (Lipinski definition) is 3. The SMILES string of the molecule is O=C(CCOc1ccccc1)N1CC[C@@]2(CCCN(C3CCCC3)C2=O)C1. The van der Waals surface area contributed by atoms with Crippen molar-refractivity contribution in [2.24, 2.45) is 5.41 Å². The second kappa shape index (κ2) is 7.91. The second-order valence-electron chi connectivity index (χ2n) is 8.30. The summed E-state index contributed by atoms with van der Waals surface area (Å²) in [6.45, 7) is 2.59. The topological polar surface area (TPSA) is 49.9 Å². The molecule has 2 heterocycles. The predicted molar refractivity (Wildman–Crippen MR) is 103 cm³/mol. The van der Waals surface area contributed by atoms with Gasteiger partial charge in [-0.25, -0.2) is 0 Å². The van der Waals surface area contributed by atoms with Crippen LogP contribution in [0.1, 0.15) is 51.4 Å². The molecule has 5 nitrogen and oxygen atoms in total. The number of likely N-dealkylation sites (tertiary alicyclic amines) is 2. The fraction of sp³-hybridized carbons (Fsp3) is 0.636. The first kappa shape index (κ1) is 18.3. The summed E-state index contributed by atoms with van der Waals surface area (Å²) in [6, 6.07) is 10.0. The maximum Gasteiger partial charge on any atom is 0.230 e. The lowest BCUT2D eigenvalue weighted by Gasteiger charge is -2.42. The number of nitrogens with zero attached hydrogens (tertiary/aromatic N) is 2. The molecule has 0 unspecified atom stereocenters. The largest absolute Gasteiger partial charge is 0.493 e. The number of carbonyl (C=O) groups excluding carboxylic acids is 2. The van der Waals surface area contributed by atoms with Gasteiger partial charge in [-0.1, -0.05) is 31.0 Å². The Bertz CT molecular complexity index is 671. The lowest BCUT2D eigenvalue weighted by Crippen LogP contribution is -2.53. The lowest BCUT2D eigenvalue weighted by atomic mass is 9.77. The van der Waals surface area contributed by atoms with Crippen molar-refractivity contribution in [3.05, 3.63) is 30.3 Å². The summed E-state index contributed by atoms with van der Waals surface area (Å²) in [6.07, 6.45) is 7.98. The summed E-state index contributed by atoms with van der Waals surface area (Å²) in [4.78, 5) is 29.9. The summed E-state index contributed by atoms with van der Waals surface area (Å²) < 4.78 is 5.66. The van der Waals surface area contributed by atoms with E-state index in [2.05, 4.69) is 4.90 Å². The van der Waals surface area contributed by atoms with Gasteiger partial charge in [-0.2, -0.15) is 0 Å². The van der Waals surface area contributed by atoms with Crippen LogP contribution in [0.5, 0.6) is 5.75 Å². The van der Waals surface area contributed by atoms with E-state index in [0.717, 1.165) is 44.4 Å². The number of amides is 2. The van der Waals surface area contributed by atoms with Crippen LogP contribution in [0, 0.1) is 5.41 Å². The van der Waals surface area contributed by atoms with Crippen molar-refractivity contribution in [1.82, 2.24) is 9.80 Å². The summed E-state index contributed by atoms with van der Waals surface area (Å²) in [7, 11) is 0. The molecule has 146 valence electrons. The molecule has 4 rings (SSSR count). The molecule has 3 fully saturated rings. The molecule has 1 atom stereocenters. The molecule has 3 aliphatic rings. The molecule has 0 bridgehead atoms. The van der Waals surface area contributed by atoms with Crippen LogP contribution in [-0.2, 0) is 9.59 Å². The highest BCUT2D eigenvalue weighted by atomic mass is 16.5. The predicted octanol–water partition coefficient (Wildman–Crippen LogP) is 3.24. The molecular formula is C22H30N2O3. The van der Waals surface area contributed by atoms with Gasteiger partial charge in [0.25, 0.3) is 0 Å². The monoisotopic (exact) mass is 370 g/mol. The van der Waals surface area contributed by atoms with Crippen molar-refractivity contribution in [2.75, 3.05) is 26.2 Å². The van der Waals surface area contributed by atoms with Gasteiger partial charge in [0.1, 0.15) is 5.75 Å². The number of ether oxygens (including phenoxy) is 1. The Morgan fingerprint density at radius 2 is 1.85 bits per heavy atom. The molecule has 2 saturated heterocycles. The van der Waals surface area contributed by atoms with Crippen LogP contribution in [0.15, 0.2) is 30.3 Å². The van der Waals surface area contributed by atoms with Gasteiger partial charge in [0.15, 0.2) is 0 Å². The smallest absolute Gasteiger partial charge is 0.230 e. The number of carbonyl (C=O) groups is 2. The molecule has 5 heteroatoms. The van der Waals surface area contributed by atoms with Crippen LogP contribution >= 0.6 is 0 Å². The zero-order valence-corrected chi connectivity index (χ0v) is 16.1. The van der Waals surface area contributed by atoms with E-state index < -0.39 is 0 Å². The number of rotatable bonds is 5. The third kappa shape index (κ3) is 3.83. The highest BCUT2D eigenvalue weighted by molar-refractivity contribution is 5.86. The highest BCUT2D eigenvalue weighted by Gasteiger charge is 2.50. The zero-order valence-electron chi connectivity index (χ0n) is 16.1. The maximum absolute atomic E-state index is 13.3. The Morgan fingerprint density at radius 3 is 2.63 bits per heavy atom. The molecule has 1 spiro atoms.